The lowest BCUT2D eigenvalue weighted by Gasteiger charge is -2.12. The highest BCUT2D eigenvalue weighted by atomic mass is 127. The quantitative estimate of drug-likeness (QED) is 0.436. The Bertz CT molecular complexity index is 405. The van der Waals surface area contributed by atoms with E-state index >= 15 is 0 Å². The van der Waals surface area contributed by atoms with Crippen LogP contribution < -0.4 is 10.6 Å². The summed E-state index contributed by atoms with van der Waals surface area (Å²) in [4.78, 5) is 4.60. The van der Waals surface area contributed by atoms with E-state index in [1.165, 1.54) is 5.56 Å². The van der Waals surface area contributed by atoms with E-state index in [-0.39, 0.29) is 24.0 Å². The van der Waals surface area contributed by atoms with Gasteiger partial charge in [-0.15, -0.1) is 24.0 Å². The van der Waals surface area contributed by atoms with Crippen LogP contribution in [0.25, 0.3) is 0 Å². The third kappa shape index (κ3) is 7.13. The van der Waals surface area contributed by atoms with Gasteiger partial charge in [-0.25, -0.2) is 0 Å². The second-order valence-electron chi connectivity index (χ2n) is 5.02. The first kappa shape index (κ1) is 18.2. The molecule has 1 heterocycles. The molecule has 0 spiro atoms. The van der Waals surface area contributed by atoms with Crippen LogP contribution in [-0.4, -0.2) is 38.3 Å². The highest BCUT2D eigenvalue weighted by Crippen LogP contribution is 2.11. The Morgan fingerprint density at radius 3 is 2.76 bits per heavy atom. The zero-order chi connectivity index (χ0) is 14.0. The molecule has 0 bridgehead atoms. The standard InChI is InChI=1S/C16H25N3O.HI/c1-2-17-16(19-13-15-9-6-12-20-15)18-11-10-14-7-4-3-5-8-14;/h3-5,7-8,15H,2,6,9-13H2,1H3,(H2,17,18,19);1H. The van der Waals surface area contributed by atoms with E-state index < -0.39 is 0 Å². The molecule has 118 valence electrons. The summed E-state index contributed by atoms with van der Waals surface area (Å²) in [5.74, 6) is 0.888. The lowest BCUT2D eigenvalue weighted by molar-refractivity contribution is 0.117. The fourth-order valence-electron chi connectivity index (χ4n) is 2.29. The van der Waals surface area contributed by atoms with Gasteiger partial charge >= 0.3 is 0 Å². The smallest absolute Gasteiger partial charge is 0.191 e. The second kappa shape index (κ2) is 10.8. The van der Waals surface area contributed by atoms with E-state index in [0.717, 1.165) is 51.5 Å². The average molecular weight is 403 g/mol. The van der Waals surface area contributed by atoms with E-state index in [4.69, 9.17) is 4.74 Å². The molecule has 1 fully saturated rings. The Morgan fingerprint density at radius 1 is 1.29 bits per heavy atom. The summed E-state index contributed by atoms with van der Waals surface area (Å²) < 4.78 is 5.59. The van der Waals surface area contributed by atoms with Gasteiger partial charge in [0.25, 0.3) is 0 Å². The fourth-order valence-corrected chi connectivity index (χ4v) is 2.29. The number of nitrogens with zero attached hydrogens (tertiary/aromatic N) is 1. The Hall–Kier alpha value is -0.820. The van der Waals surface area contributed by atoms with Crippen LogP contribution in [0.15, 0.2) is 35.3 Å². The maximum absolute atomic E-state index is 5.59. The van der Waals surface area contributed by atoms with Crippen molar-refractivity contribution >= 4 is 29.9 Å². The topological polar surface area (TPSA) is 45.7 Å². The number of ether oxygens (including phenoxy) is 1. The monoisotopic (exact) mass is 403 g/mol. The van der Waals surface area contributed by atoms with E-state index in [1.54, 1.807) is 0 Å². The lowest BCUT2D eigenvalue weighted by atomic mass is 10.1. The molecule has 1 aromatic rings. The molecule has 0 amide bonds. The van der Waals surface area contributed by atoms with E-state index in [0.29, 0.717) is 6.10 Å². The van der Waals surface area contributed by atoms with Gasteiger partial charge in [0.15, 0.2) is 5.96 Å². The lowest BCUT2D eigenvalue weighted by Crippen LogP contribution is -2.38. The third-order valence-corrected chi connectivity index (χ3v) is 3.37. The fraction of sp³-hybridized carbons (Fsp3) is 0.562. The highest BCUT2D eigenvalue weighted by Gasteiger charge is 2.14. The molecule has 1 aromatic carbocycles. The minimum Gasteiger partial charge on any atom is -0.376 e. The molecule has 2 N–H and O–H groups in total. The largest absolute Gasteiger partial charge is 0.376 e. The first-order valence-electron chi connectivity index (χ1n) is 7.56. The molecular formula is C16H26IN3O. The Kier molecular flexibility index (Phi) is 9.41. The first-order chi connectivity index (χ1) is 9.88. The predicted octanol–water partition coefficient (Wildman–Crippen LogP) is 2.58. The van der Waals surface area contributed by atoms with Gasteiger partial charge in [-0.2, -0.15) is 0 Å². The number of halogens is 1. The summed E-state index contributed by atoms with van der Waals surface area (Å²) in [6.07, 6.45) is 3.61. The van der Waals surface area contributed by atoms with Crippen LogP contribution in [0.1, 0.15) is 25.3 Å². The number of nitrogens with one attached hydrogen (secondary N) is 2. The SMILES string of the molecule is CCNC(=NCC1CCCO1)NCCc1ccccc1.I. The minimum atomic E-state index is 0. The number of rotatable bonds is 6. The van der Waals surface area contributed by atoms with E-state index in [2.05, 4.69) is 46.8 Å². The zero-order valence-electron chi connectivity index (χ0n) is 12.7. The van der Waals surface area contributed by atoms with Crippen molar-refractivity contribution in [2.75, 3.05) is 26.2 Å². The Morgan fingerprint density at radius 2 is 2.10 bits per heavy atom. The predicted molar refractivity (Wildman–Crippen MR) is 98.5 cm³/mol. The van der Waals surface area contributed by atoms with Crippen molar-refractivity contribution in [1.82, 2.24) is 10.6 Å². The number of benzene rings is 1. The normalized spacial score (nSPS) is 18.1. The Balaban J connectivity index is 0.00000220. The van der Waals surface area contributed by atoms with Gasteiger partial charge in [-0.3, -0.25) is 4.99 Å². The summed E-state index contributed by atoms with van der Waals surface area (Å²) in [6.45, 7) is 5.49. The maximum Gasteiger partial charge on any atom is 0.191 e. The molecule has 1 saturated heterocycles. The van der Waals surface area contributed by atoms with Crippen molar-refractivity contribution in [3.63, 3.8) is 0 Å². The molecule has 0 radical (unpaired) electrons. The van der Waals surface area contributed by atoms with Crippen LogP contribution in [-0.2, 0) is 11.2 Å². The van der Waals surface area contributed by atoms with Crippen molar-refractivity contribution in [2.24, 2.45) is 4.99 Å². The summed E-state index contributed by atoms with van der Waals surface area (Å²) in [5.41, 5.74) is 1.34. The third-order valence-electron chi connectivity index (χ3n) is 3.37. The van der Waals surface area contributed by atoms with Gasteiger partial charge in [0.1, 0.15) is 0 Å². The maximum atomic E-state index is 5.59. The number of aliphatic imine (C=N–C) groups is 1. The highest BCUT2D eigenvalue weighted by molar-refractivity contribution is 14.0. The molecule has 0 aliphatic carbocycles. The molecule has 1 atom stereocenters. The molecule has 0 aromatic heterocycles. The van der Waals surface area contributed by atoms with Crippen LogP contribution in [0.2, 0.25) is 0 Å². The van der Waals surface area contributed by atoms with Crippen molar-refractivity contribution in [3.05, 3.63) is 35.9 Å². The van der Waals surface area contributed by atoms with Gasteiger partial charge in [0.05, 0.1) is 12.6 Å². The molecule has 5 heteroatoms. The van der Waals surface area contributed by atoms with Crippen LogP contribution in [0.3, 0.4) is 0 Å². The summed E-state index contributed by atoms with van der Waals surface area (Å²) in [7, 11) is 0. The first-order valence-corrected chi connectivity index (χ1v) is 7.56. The molecular weight excluding hydrogens is 377 g/mol. The van der Waals surface area contributed by atoms with Crippen LogP contribution >= 0.6 is 24.0 Å². The zero-order valence-corrected chi connectivity index (χ0v) is 15.0. The van der Waals surface area contributed by atoms with Crippen LogP contribution in [0.4, 0.5) is 0 Å². The molecule has 1 unspecified atom stereocenters. The van der Waals surface area contributed by atoms with Crippen molar-refractivity contribution in [2.45, 2.75) is 32.3 Å². The number of hydrogen-bond acceptors (Lipinski definition) is 2. The van der Waals surface area contributed by atoms with Crippen molar-refractivity contribution in [1.29, 1.82) is 0 Å². The molecule has 2 rings (SSSR count). The van der Waals surface area contributed by atoms with Gasteiger partial charge < -0.3 is 15.4 Å². The van der Waals surface area contributed by atoms with E-state index in [9.17, 15) is 0 Å². The molecule has 0 saturated carbocycles. The summed E-state index contributed by atoms with van der Waals surface area (Å²) >= 11 is 0. The van der Waals surface area contributed by atoms with Gasteiger partial charge in [-0.05, 0) is 31.7 Å². The number of guanidine groups is 1. The van der Waals surface area contributed by atoms with Gasteiger partial charge in [-0.1, -0.05) is 30.3 Å². The van der Waals surface area contributed by atoms with Crippen molar-refractivity contribution in [3.8, 4) is 0 Å². The summed E-state index contributed by atoms with van der Waals surface area (Å²) in [6, 6.07) is 10.5. The van der Waals surface area contributed by atoms with Crippen LogP contribution in [0, 0.1) is 0 Å². The molecule has 4 nitrogen and oxygen atoms in total. The number of hydrogen-bond donors (Lipinski definition) is 2. The van der Waals surface area contributed by atoms with Gasteiger partial charge in [0.2, 0.25) is 0 Å². The molecule has 1 aliphatic rings. The summed E-state index contributed by atoms with van der Waals surface area (Å²) in [5, 5.41) is 6.65. The molecule has 21 heavy (non-hydrogen) atoms. The molecule has 1 aliphatic heterocycles. The van der Waals surface area contributed by atoms with Gasteiger partial charge in [0, 0.05) is 19.7 Å². The Labute approximate surface area is 144 Å². The average Bonchev–Trinajstić information content (AvgIpc) is 2.99. The van der Waals surface area contributed by atoms with Crippen molar-refractivity contribution < 1.29 is 4.74 Å². The second-order valence-corrected chi connectivity index (χ2v) is 5.02. The van der Waals surface area contributed by atoms with E-state index in [1.807, 2.05) is 6.07 Å². The van der Waals surface area contributed by atoms with Crippen LogP contribution in [0.5, 0.6) is 0 Å². The minimum absolute atomic E-state index is 0.